The zero-order chi connectivity index (χ0) is 13.1. The number of rotatable bonds is 11. The molecule has 0 saturated carbocycles. The summed E-state index contributed by atoms with van der Waals surface area (Å²) in [7, 11) is 0. The van der Waals surface area contributed by atoms with Crippen LogP contribution in [-0.2, 0) is 4.79 Å². The van der Waals surface area contributed by atoms with E-state index in [0.29, 0.717) is 12.3 Å². The molecule has 0 aromatic heterocycles. The van der Waals surface area contributed by atoms with Crippen molar-refractivity contribution in [2.45, 2.75) is 78.6 Å². The molecule has 0 aromatic rings. The molecular weight excluding hydrogens is 212 g/mol. The van der Waals surface area contributed by atoms with Gasteiger partial charge in [0.15, 0.2) is 0 Å². The number of hydrogen-bond acceptors (Lipinski definition) is 1. The van der Waals surface area contributed by atoms with Crippen LogP contribution in [0.2, 0.25) is 0 Å². The molecule has 0 bridgehead atoms. The lowest BCUT2D eigenvalue weighted by Crippen LogP contribution is -2.09. The van der Waals surface area contributed by atoms with Crippen molar-refractivity contribution in [1.82, 2.24) is 0 Å². The van der Waals surface area contributed by atoms with Gasteiger partial charge in [-0.3, -0.25) is 4.79 Å². The Hall–Kier alpha value is -0.530. The number of aliphatic carboxylic acids is 1. The molecule has 0 aliphatic rings. The summed E-state index contributed by atoms with van der Waals surface area (Å²) in [6, 6.07) is 0. The Morgan fingerprint density at radius 2 is 1.71 bits per heavy atom. The Bertz CT molecular complexity index is 189. The second-order valence-electron chi connectivity index (χ2n) is 5.43. The summed E-state index contributed by atoms with van der Waals surface area (Å²) in [5, 5.41) is 8.91. The summed E-state index contributed by atoms with van der Waals surface area (Å²) in [6.07, 6.45) is 9.90. The third kappa shape index (κ3) is 10.3. The van der Waals surface area contributed by atoms with Gasteiger partial charge in [-0.2, -0.15) is 0 Å². The predicted octanol–water partition coefficient (Wildman–Crippen LogP) is 4.87. The topological polar surface area (TPSA) is 37.3 Å². The van der Waals surface area contributed by atoms with Crippen LogP contribution in [0, 0.1) is 11.8 Å². The Kier molecular flexibility index (Phi) is 10.3. The molecule has 17 heavy (non-hydrogen) atoms. The van der Waals surface area contributed by atoms with E-state index in [9.17, 15) is 4.79 Å². The summed E-state index contributed by atoms with van der Waals surface area (Å²) in [6.45, 7) is 6.69. The fourth-order valence-electron chi connectivity index (χ4n) is 2.44. The highest BCUT2D eigenvalue weighted by Gasteiger charge is 2.14. The van der Waals surface area contributed by atoms with Crippen molar-refractivity contribution in [3.05, 3.63) is 0 Å². The van der Waals surface area contributed by atoms with Crippen LogP contribution in [0.25, 0.3) is 0 Å². The van der Waals surface area contributed by atoms with E-state index in [1.54, 1.807) is 0 Å². The highest BCUT2D eigenvalue weighted by atomic mass is 16.4. The molecule has 0 radical (unpaired) electrons. The molecule has 1 N–H and O–H groups in total. The standard InChI is InChI=1S/C15H30O2/c1-4-6-7-9-14(12-15(16)17)11-10-13(3)8-5-2/h13-14H,4-12H2,1-3H3,(H,16,17). The maximum absolute atomic E-state index is 10.8. The Morgan fingerprint density at radius 3 is 2.24 bits per heavy atom. The summed E-state index contributed by atoms with van der Waals surface area (Å²) < 4.78 is 0. The summed E-state index contributed by atoms with van der Waals surface area (Å²) >= 11 is 0. The third-order valence-electron chi connectivity index (χ3n) is 3.53. The minimum atomic E-state index is -0.630. The van der Waals surface area contributed by atoms with Crippen molar-refractivity contribution < 1.29 is 9.90 Å². The molecule has 0 saturated heterocycles. The van der Waals surface area contributed by atoms with E-state index >= 15 is 0 Å². The van der Waals surface area contributed by atoms with Gasteiger partial charge < -0.3 is 5.11 Å². The Balaban J connectivity index is 3.87. The van der Waals surface area contributed by atoms with E-state index < -0.39 is 5.97 Å². The van der Waals surface area contributed by atoms with Gasteiger partial charge in [-0.15, -0.1) is 0 Å². The molecule has 0 rings (SSSR count). The average molecular weight is 242 g/mol. The molecule has 0 amide bonds. The van der Waals surface area contributed by atoms with Crippen LogP contribution in [-0.4, -0.2) is 11.1 Å². The van der Waals surface area contributed by atoms with Gasteiger partial charge in [0.2, 0.25) is 0 Å². The lowest BCUT2D eigenvalue weighted by Gasteiger charge is -2.17. The zero-order valence-electron chi connectivity index (χ0n) is 11.9. The van der Waals surface area contributed by atoms with Crippen molar-refractivity contribution in [3.63, 3.8) is 0 Å². The van der Waals surface area contributed by atoms with E-state index in [1.807, 2.05) is 0 Å². The van der Waals surface area contributed by atoms with Gasteiger partial charge in [0, 0.05) is 6.42 Å². The molecule has 2 heteroatoms. The first kappa shape index (κ1) is 16.5. The predicted molar refractivity (Wildman–Crippen MR) is 73.2 cm³/mol. The fraction of sp³-hybridized carbons (Fsp3) is 0.933. The zero-order valence-corrected chi connectivity index (χ0v) is 11.9. The molecular formula is C15H30O2. The van der Waals surface area contributed by atoms with Gasteiger partial charge in [-0.25, -0.2) is 0 Å². The SMILES string of the molecule is CCCCCC(CCC(C)CCC)CC(=O)O. The Labute approximate surface area is 107 Å². The van der Waals surface area contributed by atoms with Gasteiger partial charge in [-0.1, -0.05) is 59.3 Å². The third-order valence-corrected chi connectivity index (χ3v) is 3.53. The molecule has 2 atom stereocenters. The van der Waals surface area contributed by atoms with Crippen molar-refractivity contribution in [2.75, 3.05) is 0 Å². The molecule has 0 aliphatic carbocycles. The van der Waals surface area contributed by atoms with Crippen LogP contribution >= 0.6 is 0 Å². The highest BCUT2D eigenvalue weighted by Crippen LogP contribution is 2.23. The van der Waals surface area contributed by atoms with Gasteiger partial charge in [0.25, 0.3) is 0 Å². The van der Waals surface area contributed by atoms with Crippen LogP contribution in [0.3, 0.4) is 0 Å². The Morgan fingerprint density at radius 1 is 1.00 bits per heavy atom. The molecule has 0 spiro atoms. The number of carboxylic acids is 1. The second kappa shape index (κ2) is 10.6. The molecule has 2 nitrogen and oxygen atoms in total. The fourth-order valence-corrected chi connectivity index (χ4v) is 2.44. The van der Waals surface area contributed by atoms with E-state index in [0.717, 1.165) is 18.8 Å². The first-order valence-corrected chi connectivity index (χ1v) is 7.31. The van der Waals surface area contributed by atoms with Gasteiger partial charge in [-0.05, 0) is 24.7 Å². The number of hydrogen-bond donors (Lipinski definition) is 1. The molecule has 0 heterocycles. The van der Waals surface area contributed by atoms with Crippen LogP contribution in [0.15, 0.2) is 0 Å². The summed E-state index contributed by atoms with van der Waals surface area (Å²) in [5.74, 6) is 0.524. The van der Waals surface area contributed by atoms with Crippen molar-refractivity contribution in [1.29, 1.82) is 0 Å². The van der Waals surface area contributed by atoms with Crippen molar-refractivity contribution in [2.24, 2.45) is 11.8 Å². The molecule has 102 valence electrons. The first-order valence-electron chi connectivity index (χ1n) is 7.31. The van der Waals surface area contributed by atoms with Crippen LogP contribution in [0.1, 0.15) is 78.6 Å². The van der Waals surface area contributed by atoms with E-state index in [2.05, 4.69) is 20.8 Å². The van der Waals surface area contributed by atoms with Crippen molar-refractivity contribution >= 4 is 5.97 Å². The van der Waals surface area contributed by atoms with Gasteiger partial charge in [0.1, 0.15) is 0 Å². The lowest BCUT2D eigenvalue weighted by atomic mass is 9.89. The first-order chi connectivity index (χ1) is 8.10. The summed E-state index contributed by atoms with van der Waals surface area (Å²) in [5.41, 5.74) is 0. The van der Waals surface area contributed by atoms with Gasteiger partial charge in [0.05, 0.1) is 0 Å². The van der Waals surface area contributed by atoms with Crippen LogP contribution < -0.4 is 0 Å². The largest absolute Gasteiger partial charge is 0.481 e. The molecule has 0 aliphatic heterocycles. The maximum atomic E-state index is 10.8. The minimum absolute atomic E-state index is 0.364. The number of carboxylic acid groups (broad SMARTS) is 1. The van der Waals surface area contributed by atoms with E-state index in [1.165, 1.54) is 38.5 Å². The molecule has 0 fully saturated rings. The van der Waals surface area contributed by atoms with Crippen LogP contribution in [0.4, 0.5) is 0 Å². The lowest BCUT2D eigenvalue weighted by molar-refractivity contribution is -0.138. The monoisotopic (exact) mass is 242 g/mol. The number of carbonyl (C=O) groups is 1. The van der Waals surface area contributed by atoms with Crippen LogP contribution in [0.5, 0.6) is 0 Å². The minimum Gasteiger partial charge on any atom is -0.481 e. The number of unbranched alkanes of at least 4 members (excludes halogenated alkanes) is 2. The average Bonchev–Trinajstić information content (AvgIpc) is 2.25. The van der Waals surface area contributed by atoms with Gasteiger partial charge >= 0.3 is 5.97 Å². The van der Waals surface area contributed by atoms with E-state index in [-0.39, 0.29) is 0 Å². The van der Waals surface area contributed by atoms with E-state index in [4.69, 9.17) is 5.11 Å². The normalized spacial score (nSPS) is 14.5. The maximum Gasteiger partial charge on any atom is 0.303 e. The van der Waals surface area contributed by atoms with Crippen molar-refractivity contribution in [3.8, 4) is 0 Å². The quantitative estimate of drug-likeness (QED) is 0.525. The highest BCUT2D eigenvalue weighted by molar-refractivity contribution is 5.66. The molecule has 2 unspecified atom stereocenters. The second-order valence-corrected chi connectivity index (χ2v) is 5.43. The molecule has 0 aromatic carbocycles. The smallest absolute Gasteiger partial charge is 0.303 e. The summed E-state index contributed by atoms with van der Waals surface area (Å²) in [4.78, 5) is 10.8.